The minimum atomic E-state index is -4.15. The number of carbonyl (C=O) groups is 2. The number of anilines is 1. The molecule has 0 aliphatic carbocycles. The Morgan fingerprint density at radius 3 is 2.10 bits per heavy atom. The Labute approximate surface area is 244 Å². The largest absolute Gasteiger partial charge is 0.497 e. The van der Waals surface area contributed by atoms with E-state index < -0.39 is 28.5 Å². The van der Waals surface area contributed by atoms with Crippen LogP contribution in [0.5, 0.6) is 5.75 Å². The summed E-state index contributed by atoms with van der Waals surface area (Å²) in [6, 6.07) is 19.8. The van der Waals surface area contributed by atoms with Gasteiger partial charge in [-0.25, -0.2) is 8.42 Å². The fraction of sp³-hybridized carbons (Fsp3) is 0.375. The third-order valence-electron chi connectivity index (χ3n) is 7.24. The van der Waals surface area contributed by atoms with E-state index in [1.54, 1.807) is 36.4 Å². The van der Waals surface area contributed by atoms with Gasteiger partial charge in [0.2, 0.25) is 11.8 Å². The number of benzene rings is 3. The van der Waals surface area contributed by atoms with Crippen LogP contribution in [0.1, 0.15) is 50.3 Å². The van der Waals surface area contributed by atoms with Gasteiger partial charge in [0.25, 0.3) is 10.0 Å². The van der Waals surface area contributed by atoms with Gasteiger partial charge in [-0.3, -0.25) is 13.9 Å². The fourth-order valence-electron chi connectivity index (χ4n) is 4.45. The summed E-state index contributed by atoms with van der Waals surface area (Å²) in [6.45, 7) is 9.29. The molecule has 0 aromatic heterocycles. The molecule has 0 heterocycles. The van der Waals surface area contributed by atoms with Gasteiger partial charge in [0.1, 0.15) is 18.3 Å². The average molecular weight is 580 g/mol. The number of amides is 2. The SMILES string of the molecule is CC[C@@H](C)NC(=O)[C@H](CC)N(Cc1ccccc1C)C(=O)CN(c1ccc(C)cc1)S(=O)(=O)c1ccc(OC)cc1. The van der Waals surface area contributed by atoms with E-state index in [4.69, 9.17) is 4.74 Å². The van der Waals surface area contributed by atoms with Gasteiger partial charge in [-0.1, -0.05) is 55.8 Å². The van der Waals surface area contributed by atoms with Crippen LogP contribution >= 0.6 is 0 Å². The molecule has 8 nitrogen and oxygen atoms in total. The number of sulfonamides is 1. The highest BCUT2D eigenvalue weighted by atomic mass is 32.2. The van der Waals surface area contributed by atoms with E-state index in [0.717, 1.165) is 27.4 Å². The van der Waals surface area contributed by atoms with Crippen molar-refractivity contribution in [1.29, 1.82) is 0 Å². The first kappa shape index (κ1) is 31.7. The summed E-state index contributed by atoms with van der Waals surface area (Å²) in [4.78, 5) is 29.1. The molecule has 0 fully saturated rings. The van der Waals surface area contributed by atoms with Crippen LogP contribution in [-0.2, 0) is 26.2 Å². The number of nitrogens with zero attached hydrogens (tertiary/aromatic N) is 2. The molecule has 2 atom stereocenters. The van der Waals surface area contributed by atoms with E-state index in [9.17, 15) is 18.0 Å². The van der Waals surface area contributed by atoms with Crippen molar-refractivity contribution in [2.24, 2.45) is 0 Å². The van der Waals surface area contributed by atoms with E-state index in [-0.39, 0.29) is 23.4 Å². The Hall–Kier alpha value is -3.85. The molecule has 3 aromatic rings. The topological polar surface area (TPSA) is 96.0 Å². The Bertz CT molecular complexity index is 1420. The molecular formula is C32H41N3O5S. The van der Waals surface area contributed by atoms with E-state index in [1.807, 2.05) is 58.9 Å². The van der Waals surface area contributed by atoms with Crippen molar-refractivity contribution in [3.05, 3.63) is 89.5 Å². The molecule has 3 rings (SSSR count). The molecule has 0 aliphatic heterocycles. The lowest BCUT2D eigenvalue weighted by Crippen LogP contribution is -2.53. The second-order valence-corrected chi connectivity index (χ2v) is 12.1. The van der Waals surface area contributed by atoms with Crippen LogP contribution in [0.4, 0.5) is 5.69 Å². The Kier molecular flexibility index (Phi) is 10.9. The maximum Gasteiger partial charge on any atom is 0.264 e. The molecular weight excluding hydrogens is 538 g/mol. The number of ether oxygens (including phenoxy) is 1. The molecule has 0 bridgehead atoms. The number of carbonyl (C=O) groups excluding carboxylic acids is 2. The van der Waals surface area contributed by atoms with Crippen molar-refractivity contribution < 1.29 is 22.7 Å². The maximum absolute atomic E-state index is 14.2. The summed E-state index contributed by atoms with van der Waals surface area (Å²) < 4.78 is 34.3. The number of rotatable bonds is 13. The van der Waals surface area contributed by atoms with Crippen molar-refractivity contribution in [3.8, 4) is 5.75 Å². The van der Waals surface area contributed by atoms with Crippen molar-refractivity contribution in [2.45, 2.75) is 71.0 Å². The predicted molar refractivity (Wildman–Crippen MR) is 162 cm³/mol. The molecule has 0 unspecified atom stereocenters. The Balaban J connectivity index is 2.06. The van der Waals surface area contributed by atoms with Gasteiger partial charge in [-0.15, -0.1) is 0 Å². The van der Waals surface area contributed by atoms with E-state index >= 15 is 0 Å². The summed E-state index contributed by atoms with van der Waals surface area (Å²) in [7, 11) is -2.64. The van der Waals surface area contributed by atoms with E-state index in [0.29, 0.717) is 17.9 Å². The number of hydrogen-bond donors (Lipinski definition) is 1. The minimum Gasteiger partial charge on any atom is -0.497 e. The van der Waals surface area contributed by atoms with E-state index in [1.165, 1.54) is 24.1 Å². The normalized spacial score (nSPS) is 12.7. The predicted octanol–water partition coefficient (Wildman–Crippen LogP) is 5.23. The third-order valence-corrected chi connectivity index (χ3v) is 9.03. The fourth-order valence-corrected chi connectivity index (χ4v) is 5.86. The molecule has 220 valence electrons. The highest BCUT2D eigenvalue weighted by molar-refractivity contribution is 7.92. The maximum atomic E-state index is 14.2. The number of methoxy groups -OCH3 is 1. The number of nitrogens with one attached hydrogen (secondary N) is 1. The first-order valence-electron chi connectivity index (χ1n) is 13.9. The molecule has 3 aromatic carbocycles. The zero-order chi connectivity index (χ0) is 30.2. The van der Waals surface area contributed by atoms with Crippen LogP contribution in [0, 0.1) is 13.8 Å². The lowest BCUT2D eigenvalue weighted by molar-refractivity contribution is -0.140. The monoisotopic (exact) mass is 579 g/mol. The molecule has 0 aliphatic rings. The molecule has 0 spiro atoms. The Morgan fingerprint density at radius 1 is 0.902 bits per heavy atom. The molecule has 1 N–H and O–H groups in total. The standard InChI is InChI=1S/C32H41N3O5S/c1-7-25(5)33-32(37)30(8-2)34(21-26-12-10-9-11-24(26)4)31(36)22-35(27-15-13-23(3)14-16-27)41(38,39)29-19-17-28(40-6)18-20-29/h9-20,25,30H,7-8,21-22H2,1-6H3,(H,33,37)/t25-,30+/m1/s1. The Morgan fingerprint density at radius 2 is 1.54 bits per heavy atom. The van der Waals surface area contributed by atoms with Gasteiger partial charge >= 0.3 is 0 Å². The van der Waals surface area contributed by atoms with Gasteiger partial charge in [0.05, 0.1) is 17.7 Å². The lowest BCUT2D eigenvalue weighted by atomic mass is 10.1. The summed E-state index contributed by atoms with van der Waals surface area (Å²) in [5.74, 6) is -0.217. The molecule has 2 amide bonds. The van der Waals surface area contributed by atoms with Crippen LogP contribution in [0.3, 0.4) is 0 Å². The van der Waals surface area contributed by atoms with Crippen LogP contribution in [0.2, 0.25) is 0 Å². The van der Waals surface area contributed by atoms with Gasteiger partial charge in [0, 0.05) is 12.6 Å². The van der Waals surface area contributed by atoms with Gasteiger partial charge in [0.15, 0.2) is 0 Å². The summed E-state index contributed by atoms with van der Waals surface area (Å²) in [6.07, 6.45) is 1.12. The van der Waals surface area contributed by atoms with Gasteiger partial charge < -0.3 is 15.0 Å². The van der Waals surface area contributed by atoms with Crippen LogP contribution in [0.15, 0.2) is 77.7 Å². The molecule has 0 saturated carbocycles. The minimum absolute atomic E-state index is 0.0266. The first-order chi connectivity index (χ1) is 19.5. The van der Waals surface area contributed by atoms with Crippen LogP contribution in [-0.4, -0.2) is 50.9 Å². The smallest absolute Gasteiger partial charge is 0.264 e. The van der Waals surface area contributed by atoms with Crippen molar-refractivity contribution in [3.63, 3.8) is 0 Å². The molecule has 9 heteroatoms. The zero-order valence-corrected chi connectivity index (χ0v) is 25.6. The molecule has 0 radical (unpaired) electrons. The van der Waals surface area contributed by atoms with Gasteiger partial charge in [-0.2, -0.15) is 0 Å². The highest BCUT2D eigenvalue weighted by Crippen LogP contribution is 2.26. The second kappa shape index (κ2) is 14.2. The van der Waals surface area contributed by atoms with Crippen molar-refractivity contribution in [1.82, 2.24) is 10.2 Å². The summed E-state index contributed by atoms with van der Waals surface area (Å²) in [5.41, 5.74) is 3.17. The summed E-state index contributed by atoms with van der Waals surface area (Å²) in [5, 5.41) is 3.00. The first-order valence-corrected chi connectivity index (χ1v) is 15.3. The van der Waals surface area contributed by atoms with E-state index in [2.05, 4.69) is 5.32 Å². The third kappa shape index (κ3) is 7.88. The van der Waals surface area contributed by atoms with Crippen molar-refractivity contribution in [2.75, 3.05) is 18.0 Å². The lowest BCUT2D eigenvalue weighted by Gasteiger charge is -2.34. The highest BCUT2D eigenvalue weighted by Gasteiger charge is 2.34. The quantitative estimate of drug-likeness (QED) is 0.299. The number of hydrogen-bond acceptors (Lipinski definition) is 5. The zero-order valence-electron chi connectivity index (χ0n) is 24.8. The molecule has 0 saturated heterocycles. The molecule has 41 heavy (non-hydrogen) atoms. The van der Waals surface area contributed by atoms with Crippen LogP contribution < -0.4 is 14.4 Å². The van der Waals surface area contributed by atoms with Gasteiger partial charge in [-0.05, 0) is 81.1 Å². The van der Waals surface area contributed by atoms with Crippen molar-refractivity contribution >= 4 is 27.5 Å². The average Bonchev–Trinajstić information content (AvgIpc) is 2.97. The second-order valence-electron chi connectivity index (χ2n) is 10.2. The van der Waals surface area contributed by atoms with Crippen LogP contribution in [0.25, 0.3) is 0 Å². The summed E-state index contributed by atoms with van der Waals surface area (Å²) >= 11 is 0. The number of aryl methyl sites for hydroxylation is 2.